The predicted octanol–water partition coefficient (Wildman–Crippen LogP) is 1.61. The van der Waals surface area contributed by atoms with Crippen molar-refractivity contribution >= 4 is 15.9 Å². The lowest BCUT2D eigenvalue weighted by Gasteiger charge is -2.34. The van der Waals surface area contributed by atoms with Gasteiger partial charge in [-0.05, 0) is 31.2 Å². The predicted molar refractivity (Wildman–Crippen MR) is 100 cm³/mol. The van der Waals surface area contributed by atoms with Gasteiger partial charge in [-0.2, -0.15) is 4.31 Å². The molecule has 0 bridgehead atoms. The second kappa shape index (κ2) is 7.98. The molecule has 1 heterocycles. The summed E-state index contributed by atoms with van der Waals surface area (Å²) in [6.45, 7) is 2.76. The minimum absolute atomic E-state index is 0.0284. The van der Waals surface area contributed by atoms with Gasteiger partial charge < -0.3 is 14.7 Å². The van der Waals surface area contributed by atoms with Gasteiger partial charge in [0.25, 0.3) is 5.91 Å². The van der Waals surface area contributed by atoms with Crippen molar-refractivity contribution in [3.05, 3.63) is 54.1 Å². The smallest absolute Gasteiger partial charge is 0.260 e. The van der Waals surface area contributed by atoms with Crippen LogP contribution in [0.1, 0.15) is 5.56 Å². The van der Waals surface area contributed by atoms with E-state index in [1.54, 1.807) is 47.4 Å². The number of piperazine rings is 1. The third-order valence-corrected chi connectivity index (χ3v) is 6.38. The third-order valence-electron chi connectivity index (χ3n) is 4.47. The van der Waals surface area contributed by atoms with Gasteiger partial charge in [-0.3, -0.25) is 4.79 Å². The van der Waals surface area contributed by atoms with Crippen LogP contribution in [0.25, 0.3) is 0 Å². The monoisotopic (exact) mass is 390 g/mol. The van der Waals surface area contributed by atoms with Crippen LogP contribution in [0, 0.1) is 6.92 Å². The topological polar surface area (TPSA) is 87.2 Å². The maximum Gasteiger partial charge on any atom is 0.260 e. The Morgan fingerprint density at radius 3 is 2.30 bits per heavy atom. The Hall–Kier alpha value is -2.58. The SMILES string of the molecule is Cc1ccc(S(=O)(=O)N2CCN(C(=O)COc3ccccc3O)CC2)cc1. The number of hydrogen-bond acceptors (Lipinski definition) is 5. The molecule has 0 atom stereocenters. The zero-order chi connectivity index (χ0) is 19.4. The molecule has 1 aliphatic rings. The van der Waals surface area contributed by atoms with Crippen LogP contribution in [-0.4, -0.2) is 61.4 Å². The number of phenols is 1. The highest BCUT2D eigenvalue weighted by molar-refractivity contribution is 7.89. The Bertz CT molecular complexity index is 904. The quantitative estimate of drug-likeness (QED) is 0.838. The maximum atomic E-state index is 12.7. The number of para-hydroxylation sites is 2. The maximum absolute atomic E-state index is 12.7. The Morgan fingerprint density at radius 1 is 1.04 bits per heavy atom. The van der Waals surface area contributed by atoms with Crippen molar-refractivity contribution in [2.75, 3.05) is 32.8 Å². The number of carbonyl (C=O) groups is 1. The zero-order valence-electron chi connectivity index (χ0n) is 15.0. The van der Waals surface area contributed by atoms with Crippen molar-refractivity contribution in [1.82, 2.24) is 9.21 Å². The summed E-state index contributed by atoms with van der Waals surface area (Å²) >= 11 is 0. The molecule has 1 N–H and O–H groups in total. The van der Waals surface area contributed by atoms with E-state index >= 15 is 0 Å². The largest absolute Gasteiger partial charge is 0.504 e. The molecule has 0 spiro atoms. The van der Waals surface area contributed by atoms with Crippen molar-refractivity contribution in [3.63, 3.8) is 0 Å². The fraction of sp³-hybridized carbons (Fsp3) is 0.316. The molecule has 0 aliphatic carbocycles. The standard InChI is InChI=1S/C19H22N2O5S/c1-15-6-8-16(9-7-15)27(24,25)21-12-10-20(11-13-21)19(23)14-26-18-5-3-2-4-17(18)22/h2-9,22H,10-14H2,1H3. The lowest BCUT2D eigenvalue weighted by molar-refractivity contribution is -0.134. The van der Waals surface area contributed by atoms with Gasteiger partial charge >= 0.3 is 0 Å². The molecule has 0 unspecified atom stereocenters. The van der Waals surface area contributed by atoms with Crippen LogP contribution < -0.4 is 4.74 Å². The van der Waals surface area contributed by atoms with E-state index in [1.807, 2.05) is 6.92 Å². The minimum atomic E-state index is -3.56. The molecule has 2 aromatic rings. The number of benzene rings is 2. The Kier molecular flexibility index (Phi) is 5.67. The van der Waals surface area contributed by atoms with E-state index in [9.17, 15) is 18.3 Å². The number of hydrogen-bond donors (Lipinski definition) is 1. The average molecular weight is 390 g/mol. The van der Waals surface area contributed by atoms with E-state index in [0.717, 1.165) is 5.56 Å². The summed E-state index contributed by atoms with van der Waals surface area (Å²) in [4.78, 5) is 14.1. The number of ether oxygens (including phenoxy) is 1. The van der Waals surface area contributed by atoms with Gasteiger partial charge in [-0.25, -0.2) is 8.42 Å². The second-order valence-electron chi connectivity index (χ2n) is 6.35. The van der Waals surface area contributed by atoms with Crippen molar-refractivity contribution < 1.29 is 23.1 Å². The van der Waals surface area contributed by atoms with E-state index < -0.39 is 10.0 Å². The van der Waals surface area contributed by atoms with E-state index in [0.29, 0.717) is 13.1 Å². The number of aryl methyl sites for hydroxylation is 1. The van der Waals surface area contributed by atoms with Crippen molar-refractivity contribution in [2.24, 2.45) is 0 Å². The first-order valence-corrected chi connectivity index (χ1v) is 10.1. The Balaban J connectivity index is 1.56. The lowest BCUT2D eigenvalue weighted by atomic mass is 10.2. The van der Waals surface area contributed by atoms with Gasteiger partial charge in [0.15, 0.2) is 18.1 Å². The Morgan fingerprint density at radius 2 is 1.67 bits per heavy atom. The van der Waals surface area contributed by atoms with E-state index in [2.05, 4.69) is 0 Å². The first kappa shape index (κ1) is 19.2. The van der Waals surface area contributed by atoms with Crippen molar-refractivity contribution in [1.29, 1.82) is 0 Å². The molecule has 1 saturated heterocycles. The van der Waals surface area contributed by atoms with Crippen LogP contribution in [0.3, 0.4) is 0 Å². The molecular weight excluding hydrogens is 368 g/mol. The van der Waals surface area contributed by atoms with Crippen LogP contribution >= 0.6 is 0 Å². The highest BCUT2D eigenvalue weighted by Gasteiger charge is 2.30. The molecule has 7 nitrogen and oxygen atoms in total. The van der Waals surface area contributed by atoms with Gasteiger partial charge in [-0.1, -0.05) is 29.8 Å². The van der Waals surface area contributed by atoms with Gasteiger partial charge in [-0.15, -0.1) is 0 Å². The molecular formula is C19H22N2O5S. The lowest BCUT2D eigenvalue weighted by Crippen LogP contribution is -2.51. The molecule has 3 rings (SSSR count). The molecule has 0 saturated carbocycles. The van der Waals surface area contributed by atoms with Crippen LogP contribution in [0.5, 0.6) is 11.5 Å². The van der Waals surface area contributed by atoms with Crippen LogP contribution in [0.15, 0.2) is 53.4 Å². The first-order valence-electron chi connectivity index (χ1n) is 8.63. The summed E-state index contributed by atoms with van der Waals surface area (Å²) < 4.78 is 32.1. The highest BCUT2D eigenvalue weighted by Crippen LogP contribution is 2.24. The van der Waals surface area contributed by atoms with E-state index in [1.165, 1.54) is 10.4 Å². The second-order valence-corrected chi connectivity index (χ2v) is 8.29. The molecule has 2 aromatic carbocycles. The number of phenolic OH excluding ortho intramolecular Hbond substituents is 1. The number of rotatable bonds is 5. The summed E-state index contributed by atoms with van der Waals surface area (Å²) in [7, 11) is -3.56. The van der Waals surface area contributed by atoms with Gasteiger partial charge in [0.05, 0.1) is 4.90 Å². The summed E-state index contributed by atoms with van der Waals surface area (Å²) in [5.74, 6) is -0.0311. The molecule has 144 valence electrons. The molecule has 8 heteroatoms. The Labute approximate surface area is 158 Å². The fourth-order valence-corrected chi connectivity index (χ4v) is 4.27. The summed E-state index contributed by atoms with van der Waals surface area (Å²) in [6, 6.07) is 13.2. The average Bonchev–Trinajstić information content (AvgIpc) is 2.67. The molecule has 1 amide bonds. The normalized spacial score (nSPS) is 15.5. The summed E-state index contributed by atoms with van der Waals surface area (Å²) in [6.07, 6.45) is 0. The molecule has 0 aromatic heterocycles. The van der Waals surface area contributed by atoms with Crippen molar-refractivity contribution in [2.45, 2.75) is 11.8 Å². The third kappa shape index (κ3) is 4.40. The number of sulfonamides is 1. The number of aromatic hydroxyl groups is 1. The van der Waals surface area contributed by atoms with E-state index in [4.69, 9.17) is 4.74 Å². The molecule has 1 aliphatic heterocycles. The number of carbonyl (C=O) groups excluding carboxylic acids is 1. The first-order chi connectivity index (χ1) is 12.9. The number of nitrogens with zero attached hydrogens (tertiary/aromatic N) is 2. The number of amides is 1. The van der Waals surface area contributed by atoms with Gasteiger partial charge in [0, 0.05) is 26.2 Å². The van der Waals surface area contributed by atoms with Gasteiger partial charge in [0.1, 0.15) is 0 Å². The van der Waals surface area contributed by atoms with Crippen molar-refractivity contribution in [3.8, 4) is 11.5 Å². The summed E-state index contributed by atoms with van der Waals surface area (Å²) in [5.41, 5.74) is 0.994. The molecule has 27 heavy (non-hydrogen) atoms. The molecule has 1 fully saturated rings. The summed E-state index contributed by atoms with van der Waals surface area (Å²) in [5, 5.41) is 9.66. The van der Waals surface area contributed by atoms with Crippen LogP contribution in [-0.2, 0) is 14.8 Å². The zero-order valence-corrected chi connectivity index (χ0v) is 15.9. The van der Waals surface area contributed by atoms with Crippen LogP contribution in [0.4, 0.5) is 0 Å². The van der Waals surface area contributed by atoms with Gasteiger partial charge in [0.2, 0.25) is 10.0 Å². The minimum Gasteiger partial charge on any atom is -0.504 e. The van der Waals surface area contributed by atoms with E-state index in [-0.39, 0.29) is 42.0 Å². The molecule has 0 radical (unpaired) electrons. The van der Waals surface area contributed by atoms with Crippen LogP contribution in [0.2, 0.25) is 0 Å². The fourth-order valence-electron chi connectivity index (χ4n) is 2.85. The highest BCUT2D eigenvalue weighted by atomic mass is 32.2.